The van der Waals surface area contributed by atoms with Gasteiger partial charge in [-0.3, -0.25) is 0 Å². The van der Waals surface area contributed by atoms with Crippen LogP contribution in [-0.4, -0.2) is 29.3 Å². The molecular formula is C28H28O8. The van der Waals surface area contributed by atoms with Crippen molar-refractivity contribution in [1.82, 2.24) is 0 Å². The summed E-state index contributed by atoms with van der Waals surface area (Å²) < 4.78 is 21.5. The van der Waals surface area contributed by atoms with Crippen molar-refractivity contribution in [3.63, 3.8) is 0 Å². The molecule has 188 valence electrons. The molecule has 0 fully saturated rings. The van der Waals surface area contributed by atoms with Crippen LogP contribution in [0, 0.1) is 0 Å². The number of aliphatic hydroxyl groups is 1. The van der Waals surface area contributed by atoms with Crippen LogP contribution in [0.4, 0.5) is 0 Å². The molecule has 0 saturated heterocycles. The van der Waals surface area contributed by atoms with E-state index in [0.29, 0.717) is 16.7 Å². The summed E-state index contributed by atoms with van der Waals surface area (Å²) in [5, 5.41) is 10.1. The smallest absolute Gasteiger partial charge is 0.338 e. The van der Waals surface area contributed by atoms with Crippen molar-refractivity contribution in [2.24, 2.45) is 0 Å². The summed E-state index contributed by atoms with van der Waals surface area (Å²) in [6.45, 7) is 20.3. The number of hydrogen-bond donors (Lipinski definition) is 1. The summed E-state index contributed by atoms with van der Waals surface area (Å²) in [6, 6.07) is 9.18. The molecule has 1 atom stereocenters. The third kappa shape index (κ3) is 7.28. The van der Waals surface area contributed by atoms with E-state index in [1.807, 2.05) is 0 Å². The molecule has 0 bridgehead atoms. The first-order chi connectivity index (χ1) is 16.8. The first-order valence-corrected chi connectivity index (χ1v) is 10.7. The lowest BCUT2D eigenvalue weighted by atomic mass is 10.0. The molecule has 0 amide bonds. The molecule has 0 aromatic heterocycles. The van der Waals surface area contributed by atoms with Gasteiger partial charge in [-0.2, -0.15) is 0 Å². The van der Waals surface area contributed by atoms with Gasteiger partial charge in [-0.05, 0) is 68.7 Å². The van der Waals surface area contributed by atoms with Gasteiger partial charge in [-0.1, -0.05) is 38.4 Å². The fourth-order valence-corrected chi connectivity index (χ4v) is 2.50. The molecule has 8 heteroatoms. The third-order valence-corrected chi connectivity index (χ3v) is 4.53. The number of esters is 3. The summed E-state index contributed by atoms with van der Waals surface area (Å²) in [5.41, 5.74) is 1.86. The maximum atomic E-state index is 12.2. The molecule has 0 spiro atoms. The lowest BCUT2D eigenvalue weighted by molar-refractivity contribution is -0.132. The van der Waals surface area contributed by atoms with Gasteiger partial charge in [-0.25, -0.2) is 14.4 Å². The lowest BCUT2D eigenvalue weighted by Crippen LogP contribution is -2.17. The summed E-state index contributed by atoms with van der Waals surface area (Å²) in [5.74, 6) is -2.03. The molecule has 0 radical (unpaired) electrons. The predicted molar refractivity (Wildman–Crippen MR) is 135 cm³/mol. The largest absolute Gasteiger partial charge is 0.457 e. The number of carbonyl (C=O) groups is 3. The van der Waals surface area contributed by atoms with Crippen molar-refractivity contribution >= 4 is 17.9 Å². The quantitative estimate of drug-likeness (QED) is 0.161. The van der Waals surface area contributed by atoms with Gasteiger partial charge < -0.3 is 24.1 Å². The molecule has 36 heavy (non-hydrogen) atoms. The summed E-state index contributed by atoms with van der Waals surface area (Å²) >= 11 is 0. The van der Waals surface area contributed by atoms with E-state index in [1.165, 1.54) is 45.0 Å². The van der Waals surface area contributed by atoms with Gasteiger partial charge in [0.25, 0.3) is 0 Å². The average Bonchev–Trinajstić information content (AvgIpc) is 2.80. The molecule has 2 rings (SSSR count). The van der Waals surface area contributed by atoms with Crippen LogP contribution in [0.25, 0.3) is 11.1 Å². The Balaban J connectivity index is 2.57. The Hall–Kier alpha value is -4.43. The van der Waals surface area contributed by atoms with Gasteiger partial charge in [0, 0.05) is 16.7 Å². The number of carbonyl (C=O) groups excluding carboxylic acids is 3. The summed E-state index contributed by atoms with van der Waals surface area (Å²) in [6.07, 6.45) is -1.33. The van der Waals surface area contributed by atoms with E-state index in [0.717, 1.165) is 0 Å². The highest BCUT2D eigenvalue weighted by molar-refractivity contribution is 5.92. The van der Waals surface area contributed by atoms with Gasteiger partial charge in [0.05, 0.1) is 0 Å². The van der Waals surface area contributed by atoms with E-state index in [4.69, 9.17) is 18.9 Å². The number of benzene rings is 2. The Morgan fingerprint density at radius 3 is 1.39 bits per heavy atom. The van der Waals surface area contributed by atoms with Crippen LogP contribution in [0.2, 0.25) is 0 Å². The molecular weight excluding hydrogens is 464 g/mol. The van der Waals surface area contributed by atoms with Crippen molar-refractivity contribution < 1.29 is 38.4 Å². The second-order valence-electron chi connectivity index (χ2n) is 8.15. The van der Waals surface area contributed by atoms with Crippen molar-refractivity contribution in [3.05, 3.63) is 85.0 Å². The first kappa shape index (κ1) is 27.8. The van der Waals surface area contributed by atoms with Crippen LogP contribution in [0.3, 0.4) is 0 Å². The number of hydrogen-bond acceptors (Lipinski definition) is 8. The van der Waals surface area contributed by atoms with Crippen LogP contribution in [0.1, 0.15) is 27.7 Å². The zero-order valence-corrected chi connectivity index (χ0v) is 20.7. The van der Waals surface area contributed by atoms with Crippen molar-refractivity contribution in [2.75, 3.05) is 0 Å². The summed E-state index contributed by atoms with van der Waals surface area (Å²) in [7, 11) is 0. The van der Waals surface area contributed by atoms with Crippen LogP contribution >= 0.6 is 0 Å². The van der Waals surface area contributed by atoms with Crippen molar-refractivity contribution in [2.45, 2.75) is 34.0 Å². The standard InChI is InChI=1S/C28H28O8/c1-15(2)25(29)33-21-11-9-19(13-23(21)35-27(31)17(5)6)20-10-12-22(34-26(30)16(3)4)24(14-20)36-28(32)18(7)8/h9-14,25,29H,1,3,5,7H2,2,4,6,8H3. The Labute approximate surface area is 209 Å². The van der Waals surface area contributed by atoms with Gasteiger partial charge >= 0.3 is 17.9 Å². The number of ether oxygens (including phenoxy) is 4. The lowest BCUT2D eigenvalue weighted by Gasteiger charge is -2.17. The SMILES string of the molecule is C=C(C)C(=O)Oc1ccc(-c2ccc(OC(O)C(=C)C)c(OC(=O)C(=C)C)c2)cc1OC(=O)C(=C)C. The highest BCUT2D eigenvalue weighted by Gasteiger charge is 2.19. The van der Waals surface area contributed by atoms with Crippen molar-refractivity contribution in [3.8, 4) is 34.1 Å². The maximum absolute atomic E-state index is 12.2. The van der Waals surface area contributed by atoms with Crippen LogP contribution in [0.15, 0.2) is 85.0 Å². The maximum Gasteiger partial charge on any atom is 0.338 e. The normalized spacial score (nSPS) is 11.0. The molecule has 0 saturated carbocycles. The molecule has 8 nitrogen and oxygen atoms in total. The van der Waals surface area contributed by atoms with Gasteiger partial charge in [0.1, 0.15) is 0 Å². The van der Waals surface area contributed by atoms with Gasteiger partial charge in [0.2, 0.25) is 6.29 Å². The highest BCUT2D eigenvalue weighted by atomic mass is 16.6. The van der Waals surface area contributed by atoms with E-state index in [-0.39, 0.29) is 39.7 Å². The fourth-order valence-electron chi connectivity index (χ4n) is 2.50. The Morgan fingerprint density at radius 2 is 1.00 bits per heavy atom. The minimum atomic E-state index is -1.33. The minimum Gasteiger partial charge on any atom is -0.457 e. The molecule has 1 N–H and O–H groups in total. The third-order valence-electron chi connectivity index (χ3n) is 4.53. The zero-order chi connectivity index (χ0) is 27.2. The first-order valence-electron chi connectivity index (χ1n) is 10.7. The second-order valence-corrected chi connectivity index (χ2v) is 8.15. The van der Waals surface area contributed by atoms with Gasteiger partial charge in [0.15, 0.2) is 23.0 Å². The number of rotatable bonds is 10. The second kappa shape index (κ2) is 11.8. The Morgan fingerprint density at radius 1 is 0.639 bits per heavy atom. The topological polar surface area (TPSA) is 108 Å². The number of aliphatic hydroxyl groups excluding tert-OH is 1. The predicted octanol–water partition coefficient (Wildman–Crippen LogP) is 5.07. The summed E-state index contributed by atoms with van der Waals surface area (Å²) in [4.78, 5) is 36.4. The molecule has 0 heterocycles. The van der Waals surface area contributed by atoms with E-state index < -0.39 is 24.2 Å². The highest BCUT2D eigenvalue weighted by Crippen LogP contribution is 2.38. The van der Waals surface area contributed by atoms with E-state index in [2.05, 4.69) is 26.3 Å². The monoisotopic (exact) mass is 492 g/mol. The zero-order valence-electron chi connectivity index (χ0n) is 20.7. The molecule has 0 aliphatic heterocycles. The molecule has 1 unspecified atom stereocenters. The Kier molecular flexibility index (Phi) is 9.13. The molecule has 2 aromatic carbocycles. The molecule has 0 aliphatic rings. The van der Waals surface area contributed by atoms with Crippen molar-refractivity contribution in [1.29, 1.82) is 0 Å². The van der Waals surface area contributed by atoms with E-state index in [9.17, 15) is 19.5 Å². The Bertz CT molecular complexity index is 1270. The van der Waals surface area contributed by atoms with Gasteiger partial charge in [-0.15, -0.1) is 0 Å². The van der Waals surface area contributed by atoms with E-state index >= 15 is 0 Å². The molecule has 0 aliphatic carbocycles. The van der Waals surface area contributed by atoms with Crippen LogP contribution < -0.4 is 18.9 Å². The van der Waals surface area contributed by atoms with Crippen LogP contribution in [-0.2, 0) is 14.4 Å². The molecule has 2 aromatic rings. The minimum absolute atomic E-state index is 0.000169. The fraction of sp³-hybridized carbons (Fsp3) is 0.179. The van der Waals surface area contributed by atoms with Crippen LogP contribution in [0.5, 0.6) is 23.0 Å². The average molecular weight is 493 g/mol. The van der Waals surface area contributed by atoms with E-state index in [1.54, 1.807) is 19.1 Å².